The van der Waals surface area contributed by atoms with Crippen molar-refractivity contribution >= 4 is 23.9 Å². The van der Waals surface area contributed by atoms with Gasteiger partial charge in [-0.3, -0.25) is 0 Å². The molecule has 0 bridgehead atoms. The second-order valence-corrected chi connectivity index (χ2v) is 10.2. The van der Waals surface area contributed by atoms with Crippen molar-refractivity contribution in [3.63, 3.8) is 0 Å². The number of aromatic amines is 1. The Morgan fingerprint density at radius 2 is 1.23 bits per heavy atom. The molecule has 0 atom stereocenters. The maximum absolute atomic E-state index is 5.03. The molecule has 2 aliphatic rings. The topological polar surface area (TPSA) is 41.6 Å². The maximum atomic E-state index is 5.03. The van der Waals surface area contributed by atoms with Crippen molar-refractivity contribution in [3.8, 4) is 0 Å². The van der Waals surface area contributed by atoms with Gasteiger partial charge in [0.05, 0.1) is 0 Å². The molecule has 1 N–H and O–H groups in total. The molecule has 0 spiro atoms. The number of H-pyrrole nitrogens is 1. The van der Waals surface area contributed by atoms with Crippen molar-refractivity contribution in [2.75, 3.05) is 0 Å². The molecular formula is C26H42BN3. The van der Waals surface area contributed by atoms with E-state index in [1.165, 1.54) is 134 Å². The molecule has 0 aromatic carbocycles. The molecule has 4 heteroatoms. The molecule has 0 saturated heterocycles. The largest absolute Gasteiger partial charge is 0.352 e. The van der Waals surface area contributed by atoms with Crippen LogP contribution in [0.25, 0.3) is 11.0 Å². The summed E-state index contributed by atoms with van der Waals surface area (Å²) in [6.07, 6.45) is 27.1. The summed E-state index contributed by atoms with van der Waals surface area (Å²) < 4.78 is 0. The zero-order valence-corrected chi connectivity index (χ0v) is 19.1. The van der Waals surface area contributed by atoms with Gasteiger partial charge in [0.25, 0.3) is 0 Å². The molecule has 3 nitrogen and oxygen atoms in total. The molecule has 2 saturated carbocycles. The molecule has 0 aliphatic heterocycles. The molecule has 2 fully saturated rings. The summed E-state index contributed by atoms with van der Waals surface area (Å²) in [5.41, 5.74) is 2.46. The van der Waals surface area contributed by atoms with Crippen LogP contribution in [-0.2, 0) is 0 Å². The van der Waals surface area contributed by atoms with E-state index in [9.17, 15) is 0 Å². The highest BCUT2D eigenvalue weighted by Crippen LogP contribution is 2.29. The SMILES string of the molecule is B(c1cc2cnc(C3CCCCCCCCC3)nc2[nH]1)C1CCCCCCCCC1. The van der Waals surface area contributed by atoms with Crippen molar-refractivity contribution < 1.29 is 0 Å². The Morgan fingerprint density at radius 1 is 0.700 bits per heavy atom. The summed E-state index contributed by atoms with van der Waals surface area (Å²) in [7, 11) is 1.19. The summed E-state index contributed by atoms with van der Waals surface area (Å²) in [5, 5.41) is 1.20. The van der Waals surface area contributed by atoms with Gasteiger partial charge in [0.15, 0.2) is 7.28 Å². The fourth-order valence-corrected chi connectivity index (χ4v) is 5.77. The Morgan fingerprint density at radius 3 is 1.83 bits per heavy atom. The van der Waals surface area contributed by atoms with Crippen LogP contribution in [0.3, 0.4) is 0 Å². The van der Waals surface area contributed by atoms with E-state index in [-0.39, 0.29) is 0 Å². The number of hydrogen-bond donors (Lipinski definition) is 1. The van der Waals surface area contributed by atoms with Crippen molar-refractivity contribution in [2.24, 2.45) is 0 Å². The molecule has 4 rings (SSSR count). The van der Waals surface area contributed by atoms with E-state index in [1.807, 2.05) is 0 Å². The maximum Gasteiger partial charge on any atom is 0.182 e. The van der Waals surface area contributed by atoms with E-state index in [4.69, 9.17) is 9.97 Å². The average Bonchev–Trinajstić information content (AvgIpc) is 3.18. The molecule has 164 valence electrons. The van der Waals surface area contributed by atoms with E-state index in [1.54, 1.807) is 0 Å². The number of hydrogen-bond acceptors (Lipinski definition) is 2. The first-order chi connectivity index (χ1) is 14.9. The lowest BCUT2D eigenvalue weighted by molar-refractivity contribution is 0.451. The molecule has 2 aliphatic carbocycles. The van der Waals surface area contributed by atoms with Crippen LogP contribution in [0.5, 0.6) is 0 Å². The van der Waals surface area contributed by atoms with Crippen LogP contribution in [-0.4, -0.2) is 22.2 Å². The number of rotatable bonds is 3. The minimum absolute atomic E-state index is 0.553. The lowest BCUT2D eigenvalue weighted by Crippen LogP contribution is -2.21. The monoisotopic (exact) mass is 407 g/mol. The normalized spacial score (nSPS) is 22.0. The summed E-state index contributed by atoms with van der Waals surface area (Å²) in [6.45, 7) is 0. The van der Waals surface area contributed by atoms with Crippen LogP contribution in [0.4, 0.5) is 0 Å². The fourth-order valence-electron chi connectivity index (χ4n) is 5.77. The molecular weight excluding hydrogens is 365 g/mol. The first kappa shape index (κ1) is 21.9. The Hall–Kier alpha value is -1.32. The minimum Gasteiger partial charge on any atom is -0.352 e. The van der Waals surface area contributed by atoms with Gasteiger partial charge in [-0.05, 0) is 24.5 Å². The smallest absolute Gasteiger partial charge is 0.182 e. The first-order valence-electron chi connectivity index (χ1n) is 13.2. The predicted molar refractivity (Wildman–Crippen MR) is 130 cm³/mol. The van der Waals surface area contributed by atoms with Gasteiger partial charge >= 0.3 is 0 Å². The summed E-state index contributed by atoms with van der Waals surface area (Å²) in [6, 6.07) is 2.32. The second kappa shape index (κ2) is 11.9. The molecule has 0 radical (unpaired) electrons. The Kier molecular flexibility index (Phi) is 8.69. The molecule has 2 aromatic rings. The van der Waals surface area contributed by atoms with Gasteiger partial charge in [0.1, 0.15) is 11.5 Å². The molecule has 2 aromatic heterocycles. The third-order valence-corrected chi connectivity index (χ3v) is 7.65. The zero-order valence-electron chi connectivity index (χ0n) is 19.1. The second-order valence-electron chi connectivity index (χ2n) is 10.2. The zero-order chi connectivity index (χ0) is 20.4. The van der Waals surface area contributed by atoms with E-state index < -0.39 is 0 Å². The predicted octanol–water partition coefficient (Wildman–Crippen LogP) is 6.94. The number of nitrogens with one attached hydrogen (secondary N) is 1. The van der Waals surface area contributed by atoms with Crippen molar-refractivity contribution in [1.82, 2.24) is 15.0 Å². The van der Waals surface area contributed by atoms with E-state index in [2.05, 4.69) is 17.2 Å². The summed E-state index contributed by atoms with van der Waals surface area (Å²) in [5.74, 6) is 2.48. The Balaban J connectivity index is 1.41. The van der Waals surface area contributed by atoms with Crippen molar-refractivity contribution in [2.45, 2.75) is 127 Å². The third-order valence-electron chi connectivity index (χ3n) is 7.65. The lowest BCUT2D eigenvalue weighted by atomic mass is 9.58. The van der Waals surface area contributed by atoms with E-state index >= 15 is 0 Å². The summed E-state index contributed by atoms with van der Waals surface area (Å²) >= 11 is 0. The van der Waals surface area contributed by atoms with Gasteiger partial charge in [-0.25, -0.2) is 9.97 Å². The highest BCUT2D eigenvalue weighted by atomic mass is 14.9. The third kappa shape index (κ3) is 6.59. The van der Waals surface area contributed by atoms with E-state index in [0.717, 1.165) is 17.3 Å². The number of fused-ring (bicyclic) bond motifs is 1. The van der Waals surface area contributed by atoms with Crippen LogP contribution in [0.1, 0.15) is 127 Å². The average molecular weight is 407 g/mol. The Bertz CT molecular complexity index is 736. The molecule has 0 unspecified atom stereocenters. The highest BCUT2D eigenvalue weighted by Gasteiger charge is 2.18. The fraction of sp³-hybridized carbons (Fsp3) is 0.769. The first-order valence-corrected chi connectivity index (χ1v) is 13.2. The highest BCUT2D eigenvalue weighted by molar-refractivity contribution is 6.54. The Labute approximate surface area is 184 Å². The van der Waals surface area contributed by atoms with Crippen LogP contribution in [0, 0.1) is 0 Å². The standard InChI is InChI=1S/C26H42BN3/c1-3-7-11-15-21(16-12-8-4-1)25-28-20-22-19-24(29-26(22)30-25)27-23-17-13-9-5-2-6-10-14-18-23/h19-21,23,27H,1-18H2,(H,28,29,30). The quantitative estimate of drug-likeness (QED) is 0.560. The summed E-state index contributed by atoms with van der Waals surface area (Å²) in [4.78, 5) is 13.6. The van der Waals surface area contributed by atoms with E-state index in [0.29, 0.717) is 5.92 Å². The van der Waals surface area contributed by atoms with Crippen LogP contribution in [0.15, 0.2) is 12.3 Å². The van der Waals surface area contributed by atoms with Crippen molar-refractivity contribution in [3.05, 3.63) is 18.1 Å². The van der Waals surface area contributed by atoms with Gasteiger partial charge in [-0.15, -0.1) is 0 Å². The van der Waals surface area contributed by atoms with Gasteiger partial charge in [-0.1, -0.05) is 109 Å². The molecule has 0 amide bonds. The minimum atomic E-state index is 0.553. The molecule has 30 heavy (non-hydrogen) atoms. The van der Waals surface area contributed by atoms with Crippen LogP contribution in [0.2, 0.25) is 5.82 Å². The van der Waals surface area contributed by atoms with Crippen LogP contribution >= 0.6 is 0 Å². The molecule has 2 heterocycles. The van der Waals surface area contributed by atoms with Gasteiger partial charge in [0, 0.05) is 17.5 Å². The van der Waals surface area contributed by atoms with Gasteiger partial charge < -0.3 is 4.98 Å². The van der Waals surface area contributed by atoms with Gasteiger partial charge in [-0.2, -0.15) is 0 Å². The van der Waals surface area contributed by atoms with Crippen molar-refractivity contribution in [1.29, 1.82) is 0 Å². The van der Waals surface area contributed by atoms with Crippen LogP contribution < -0.4 is 5.59 Å². The lowest BCUT2D eigenvalue weighted by Gasteiger charge is -2.17. The number of aromatic nitrogens is 3. The number of nitrogens with zero attached hydrogens (tertiary/aromatic N) is 2. The van der Waals surface area contributed by atoms with Gasteiger partial charge in [0.2, 0.25) is 0 Å².